The van der Waals surface area contributed by atoms with E-state index in [1.165, 1.54) is 49.7 Å². The van der Waals surface area contributed by atoms with Gasteiger partial charge >= 0.3 is 0 Å². The molecule has 2 aromatic carbocycles. The molecular weight excluding hydrogens is 376 g/mol. The summed E-state index contributed by atoms with van der Waals surface area (Å²) in [7, 11) is 0. The number of ketones is 1. The van der Waals surface area contributed by atoms with Crippen LogP contribution in [0.15, 0.2) is 66.8 Å². The first-order valence-corrected chi connectivity index (χ1v) is 11.8. The van der Waals surface area contributed by atoms with Gasteiger partial charge in [0, 0.05) is 0 Å². The molecule has 158 valence electrons. The van der Waals surface area contributed by atoms with Crippen LogP contribution in [0, 0.1) is 16.2 Å². The maximum atomic E-state index is 11.5. The Bertz CT molecular complexity index is 1070. The average Bonchev–Trinajstić information content (AvgIpc) is 3.11. The smallest absolute Gasteiger partial charge is 0.179 e. The van der Waals surface area contributed by atoms with Gasteiger partial charge < -0.3 is 0 Å². The summed E-state index contributed by atoms with van der Waals surface area (Å²) >= 11 is 0. The Morgan fingerprint density at radius 3 is 1.48 bits per heavy atom. The summed E-state index contributed by atoms with van der Waals surface area (Å²) in [5, 5.41) is 0. The van der Waals surface area contributed by atoms with Crippen LogP contribution in [0.5, 0.6) is 0 Å². The Balaban J connectivity index is 1.30. The summed E-state index contributed by atoms with van der Waals surface area (Å²) in [5.41, 5.74) is 8.08. The SMILES string of the molecule is CC12CC3(C)CC(C)(C1)CC(c1ccc(-c4ccc(C5=CC(=O)C=C5)cc4)cc1)(C2)C3. The zero-order valence-corrected chi connectivity index (χ0v) is 19.0. The van der Waals surface area contributed by atoms with Gasteiger partial charge in [-0.3, -0.25) is 4.79 Å². The largest absolute Gasteiger partial charge is 0.290 e. The number of benzene rings is 2. The molecule has 2 aromatic rings. The lowest BCUT2D eigenvalue weighted by atomic mass is 9.35. The van der Waals surface area contributed by atoms with Gasteiger partial charge in [-0.25, -0.2) is 0 Å². The summed E-state index contributed by atoms with van der Waals surface area (Å²) < 4.78 is 0. The molecule has 0 amide bonds. The fourth-order valence-electron chi connectivity index (χ4n) is 9.07. The number of hydrogen-bond acceptors (Lipinski definition) is 1. The van der Waals surface area contributed by atoms with Crippen molar-refractivity contribution < 1.29 is 4.79 Å². The van der Waals surface area contributed by atoms with E-state index in [1.54, 1.807) is 17.7 Å². The van der Waals surface area contributed by atoms with E-state index in [4.69, 9.17) is 0 Å². The molecule has 4 bridgehead atoms. The highest BCUT2D eigenvalue weighted by atomic mass is 16.1. The first-order valence-electron chi connectivity index (χ1n) is 11.8. The second-order valence-corrected chi connectivity index (χ2v) is 12.3. The van der Waals surface area contributed by atoms with Crippen molar-refractivity contribution in [1.82, 2.24) is 0 Å². The summed E-state index contributed by atoms with van der Waals surface area (Å²) in [6.07, 6.45) is 13.6. The van der Waals surface area contributed by atoms with Crippen molar-refractivity contribution in [2.45, 2.75) is 64.7 Å². The van der Waals surface area contributed by atoms with Gasteiger partial charge in [0.05, 0.1) is 0 Å². The van der Waals surface area contributed by atoms with Crippen LogP contribution >= 0.6 is 0 Å². The minimum atomic E-state index is 0.0796. The lowest BCUT2D eigenvalue weighted by molar-refractivity contribution is -0.152. The Labute approximate surface area is 186 Å². The van der Waals surface area contributed by atoms with Gasteiger partial charge in [0.25, 0.3) is 0 Å². The van der Waals surface area contributed by atoms with Crippen molar-refractivity contribution in [3.8, 4) is 11.1 Å². The molecule has 0 radical (unpaired) electrons. The highest BCUT2D eigenvalue weighted by Crippen LogP contribution is 2.73. The topological polar surface area (TPSA) is 17.1 Å². The Morgan fingerprint density at radius 2 is 1.03 bits per heavy atom. The van der Waals surface area contributed by atoms with E-state index >= 15 is 0 Å². The summed E-state index contributed by atoms with van der Waals surface area (Å²) in [4.78, 5) is 11.5. The highest BCUT2D eigenvalue weighted by molar-refractivity contribution is 6.11. The quantitative estimate of drug-likeness (QED) is 0.513. The lowest BCUT2D eigenvalue weighted by Crippen LogP contribution is -2.60. The van der Waals surface area contributed by atoms with Crippen molar-refractivity contribution in [2.75, 3.05) is 0 Å². The van der Waals surface area contributed by atoms with E-state index in [2.05, 4.69) is 69.3 Å². The molecule has 5 aliphatic rings. The Hall–Kier alpha value is -2.41. The van der Waals surface area contributed by atoms with Crippen LogP contribution < -0.4 is 0 Å². The predicted molar refractivity (Wildman–Crippen MR) is 128 cm³/mol. The molecule has 5 aliphatic carbocycles. The van der Waals surface area contributed by atoms with Crippen LogP contribution in [-0.2, 0) is 10.2 Å². The fourth-order valence-corrected chi connectivity index (χ4v) is 9.07. The molecule has 1 nitrogen and oxygen atoms in total. The summed E-state index contributed by atoms with van der Waals surface area (Å²) in [5.74, 6) is 0.0796. The van der Waals surface area contributed by atoms with Crippen LogP contribution in [0.3, 0.4) is 0 Å². The van der Waals surface area contributed by atoms with Gasteiger partial charge in [0.1, 0.15) is 0 Å². The van der Waals surface area contributed by atoms with Crippen LogP contribution in [0.25, 0.3) is 16.7 Å². The van der Waals surface area contributed by atoms with E-state index in [-0.39, 0.29) is 5.78 Å². The van der Waals surface area contributed by atoms with Crippen molar-refractivity contribution in [3.63, 3.8) is 0 Å². The number of rotatable bonds is 3. The number of carbonyl (C=O) groups is 1. The first kappa shape index (κ1) is 19.3. The molecule has 0 atom stereocenters. The lowest BCUT2D eigenvalue weighted by Gasteiger charge is -2.69. The first-order chi connectivity index (χ1) is 14.7. The van der Waals surface area contributed by atoms with Crippen LogP contribution in [0.2, 0.25) is 0 Å². The zero-order chi connectivity index (χ0) is 21.5. The second kappa shape index (κ2) is 6.09. The van der Waals surface area contributed by atoms with Crippen molar-refractivity contribution in [1.29, 1.82) is 0 Å². The third kappa shape index (κ3) is 3.08. The molecule has 0 unspecified atom stereocenters. The highest BCUT2D eigenvalue weighted by Gasteiger charge is 2.64. The normalized spacial score (nSPS) is 38.0. The maximum Gasteiger partial charge on any atom is 0.179 e. The molecule has 0 N–H and O–H groups in total. The zero-order valence-electron chi connectivity index (χ0n) is 19.0. The molecule has 4 saturated carbocycles. The molecule has 7 rings (SSSR count). The molecule has 31 heavy (non-hydrogen) atoms. The average molecular weight is 409 g/mol. The second-order valence-electron chi connectivity index (χ2n) is 12.3. The van der Waals surface area contributed by atoms with Gasteiger partial charge in [-0.2, -0.15) is 0 Å². The van der Waals surface area contributed by atoms with Crippen molar-refractivity contribution >= 4 is 11.4 Å². The monoisotopic (exact) mass is 408 g/mol. The van der Waals surface area contributed by atoms with Crippen molar-refractivity contribution in [2.24, 2.45) is 16.2 Å². The van der Waals surface area contributed by atoms with Crippen molar-refractivity contribution in [3.05, 3.63) is 77.9 Å². The minimum absolute atomic E-state index is 0.0796. The Morgan fingerprint density at radius 1 is 0.581 bits per heavy atom. The van der Waals surface area contributed by atoms with Gasteiger partial charge in [-0.05, 0) is 100 Å². The van der Waals surface area contributed by atoms with E-state index in [9.17, 15) is 4.79 Å². The van der Waals surface area contributed by atoms with Crippen LogP contribution in [-0.4, -0.2) is 5.78 Å². The van der Waals surface area contributed by atoms with Gasteiger partial charge in [-0.1, -0.05) is 75.4 Å². The maximum absolute atomic E-state index is 11.5. The standard InChI is InChI=1S/C30H32O/c1-27-15-28(2)17-29(3,16-27)20-30(18-27,19-28)25-11-8-22(9-12-25)21-4-6-23(7-5-21)24-10-13-26(31)14-24/h4-14H,15-20H2,1-3H3. The van der Waals surface area contributed by atoms with E-state index in [1.807, 2.05) is 6.08 Å². The molecule has 0 heterocycles. The molecule has 4 fully saturated rings. The number of allylic oxidation sites excluding steroid dienone is 4. The van der Waals surface area contributed by atoms with E-state index < -0.39 is 0 Å². The molecule has 0 aromatic heterocycles. The third-order valence-corrected chi connectivity index (χ3v) is 8.63. The third-order valence-electron chi connectivity index (χ3n) is 8.63. The van der Waals surface area contributed by atoms with E-state index in [0.717, 1.165) is 11.1 Å². The molecular formula is C30H32O. The van der Waals surface area contributed by atoms with Crippen LogP contribution in [0.4, 0.5) is 0 Å². The molecule has 0 aliphatic heterocycles. The Kier molecular flexibility index (Phi) is 3.79. The number of carbonyl (C=O) groups excluding carboxylic acids is 1. The summed E-state index contributed by atoms with van der Waals surface area (Å²) in [6.45, 7) is 7.69. The fraction of sp³-hybridized carbons (Fsp3) is 0.433. The van der Waals surface area contributed by atoms with Gasteiger partial charge in [0.15, 0.2) is 5.78 Å². The van der Waals surface area contributed by atoms with Gasteiger partial charge in [0.2, 0.25) is 0 Å². The summed E-state index contributed by atoms with van der Waals surface area (Å²) in [6, 6.07) is 18.1. The van der Waals surface area contributed by atoms with E-state index in [0.29, 0.717) is 21.7 Å². The number of hydrogen-bond donors (Lipinski definition) is 0. The molecule has 0 spiro atoms. The minimum Gasteiger partial charge on any atom is -0.290 e. The molecule has 1 heteroatoms. The van der Waals surface area contributed by atoms with Gasteiger partial charge in [-0.15, -0.1) is 0 Å². The predicted octanol–water partition coefficient (Wildman–Crippen LogP) is 7.51. The van der Waals surface area contributed by atoms with Crippen LogP contribution in [0.1, 0.15) is 70.4 Å². The molecule has 0 saturated heterocycles.